The van der Waals surface area contributed by atoms with E-state index in [0.717, 1.165) is 50.6 Å². The number of benzene rings is 1. The minimum absolute atomic E-state index is 0.219. The Kier molecular flexibility index (Phi) is 7.33. The number of hydrogen-bond acceptors (Lipinski definition) is 5. The van der Waals surface area contributed by atoms with Crippen molar-refractivity contribution >= 4 is 0 Å². The molecule has 1 aliphatic heterocycles. The molecular weight excluding hydrogens is 364 g/mol. The van der Waals surface area contributed by atoms with Gasteiger partial charge in [0, 0.05) is 62.7 Å². The van der Waals surface area contributed by atoms with Gasteiger partial charge in [0.2, 0.25) is 0 Å². The molecule has 0 amide bonds. The zero-order valence-corrected chi connectivity index (χ0v) is 18.6. The van der Waals surface area contributed by atoms with Crippen molar-refractivity contribution in [3.63, 3.8) is 0 Å². The number of ether oxygens (including phenoxy) is 1. The topological polar surface area (TPSA) is 53.8 Å². The van der Waals surface area contributed by atoms with Crippen LogP contribution in [0.1, 0.15) is 48.8 Å². The summed E-state index contributed by atoms with van der Waals surface area (Å²) in [6, 6.07) is 9.01. The van der Waals surface area contributed by atoms with Gasteiger partial charge in [-0.25, -0.2) is 0 Å². The average Bonchev–Trinajstić information content (AvgIpc) is 2.99. The van der Waals surface area contributed by atoms with E-state index in [0.29, 0.717) is 12.1 Å². The quantitative estimate of drug-likeness (QED) is 0.738. The molecule has 160 valence electrons. The fraction of sp³-hybridized carbons (Fsp3) is 0.609. The molecule has 1 saturated heterocycles. The minimum atomic E-state index is 0.219. The fourth-order valence-electron chi connectivity index (χ4n) is 4.39. The summed E-state index contributed by atoms with van der Waals surface area (Å²) >= 11 is 0. The SMILES string of the molecule is COc1cccc(CN2CCN(Cc3c(C)nn(C(C)C)c3C)C[C@@H]2CCO)c1. The molecule has 29 heavy (non-hydrogen) atoms. The Bertz CT molecular complexity index is 802. The Morgan fingerprint density at radius 3 is 2.66 bits per heavy atom. The first-order chi connectivity index (χ1) is 13.9. The van der Waals surface area contributed by atoms with Gasteiger partial charge >= 0.3 is 0 Å². The fourth-order valence-corrected chi connectivity index (χ4v) is 4.39. The molecule has 0 saturated carbocycles. The van der Waals surface area contributed by atoms with Crippen LogP contribution in [0.4, 0.5) is 0 Å². The number of piperazine rings is 1. The van der Waals surface area contributed by atoms with Gasteiger partial charge in [-0.1, -0.05) is 12.1 Å². The zero-order valence-electron chi connectivity index (χ0n) is 18.6. The van der Waals surface area contributed by atoms with Crippen LogP contribution >= 0.6 is 0 Å². The smallest absolute Gasteiger partial charge is 0.119 e. The number of aryl methyl sites for hydroxylation is 1. The van der Waals surface area contributed by atoms with Crippen molar-refractivity contribution in [2.45, 2.75) is 59.3 Å². The van der Waals surface area contributed by atoms with E-state index in [1.165, 1.54) is 16.8 Å². The van der Waals surface area contributed by atoms with E-state index in [2.05, 4.69) is 54.3 Å². The molecule has 0 radical (unpaired) electrons. The summed E-state index contributed by atoms with van der Waals surface area (Å²) in [4.78, 5) is 5.02. The van der Waals surface area contributed by atoms with E-state index < -0.39 is 0 Å². The van der Waals surface area contributed by atoms with Crippen LogP contribution in [0.25, 0.3) is 0 Å². The van der Waals surface area contributed by atoms with Gasteiger partial charge < -0.3 is 9.84 Å². The Labute approximate surface area is 175 Å². The van der Waals surface area contributed by atoms with E-state index >= 15 is 0 Å². The highest BCUT2D eigenvalue weighted by Gasteiger charge is 2.28. The summed E-state index contributed by atoms with van der Waals surface area (Å²) in [7, 11) is 1.71. The number of rotatable bonds is 8. The lowest BCUT2D eigenvalue weighted by Gasteiger charge is -2.41. The Morgan fingerprint density at radius 2 is 2.00 bits per heavy atom. The molecule has 0 spiro atoms. The van der Waals surface area contributed by atoms with Gasteiger partial charge in [0.15, 0.2) is 0 Å². The molecular formula is C23H36N4O2. The third-order valence-electron chi connectivity index (χ3n) is 6.02. The van der Waals surface area contributed by atoms with E-state index in [1.54, 1.807) is 7.11 Å². The van der Waals surface area contributed by atoms with Gasteiger partial charge in [0.1, 0.15) is 5.75 Å². The van der Waals surface area contributed by atoms with Crippen molar-refractivity contribution in [3.8, 4) is 5.75 Å². The lowest BCUT2D eigenvalue weighted by atomic mass is 10.1. The second kappa shape index (κ2) is 9.74. The van der Waals surface area contributed by atoms with Gasteiger partial charge in [-0.2, -0.15) is 5.10 Å². The van der Waals surface area contributed by atoms with Crippen LogP contribution in [-0.2, 0) is 13.1 Å². The Balaban J connectivity index is 1.68. The van der Waals surface area contributed by atoms with Gasteiger partial charge in [-0.05, 0) is 51.8 Å². The molecule has 2 aromatic rings. The summed E-state index contributed by atoms with van der Waals surface area (Å²) in [5.74, 6) is 0.896. The lowest BCUT2D eigenvalue weighted by molar-refractivity contribution is 0.0497. The number of aromatic nitrogens is 2. The van der Waals surface area contributed by atoms with Crippen LogP contribution in [0.5, 0.6) is 5.75 Å². The molecule has 0 aliphatic carbocycles. The van der Waals surface area contributed by atoms with Gasteiger partial charge in [-0.15, -0.1) is 0 Å². The van der Waals surface area contributed by atoms with E-state index in [-0.39, 0.29) is 6.61 Å². The molecule has 1 aromatic carbocycles. The first kappa shape index (κ1) is 21.8. The Hall–Kier alpha value is -1.89. The number of nitrogens with zero attached hydrogens (tertiary/aromatic N) is 4. The maximum Gasteiger partial charge on any atom is 0.119 e. The largest absolute Gasteiger partial charge is 0.497 e. The monoisotopic (exact) mass is 400 g/mol. The maximum absolute atomic E-state index is 9.63. The second-order valence-electron chi connectivity index (χ2n) is 8.41. The van der Waals surface area contributed by atoms with E-state index in [9.17, 15) is 5.11 Å². The minimum Gasteiger partial charge on any atom is -0.497 e. The summed E-state index contributed by atoms with van der Waals surface area (Å²) in [5.41, 5.74) is 5.01. The molecule has 0 unspecified atom stereocenters. The normalized spacial score (nSPS) is 18.5. The molecule has 6 heteroatoms. The highest BCUT2D eigenvalue weighted by molar-refractivity contribution is 5.28. The number of aliphatic hydroxyl groups excluding tert-OH is 1. The first-order valence-electron chi connectivity index (χ1n) is 10.7. The molecule has 1 aliphatic rings. The van der Waals surface area contributed by atoms with Crippen molar-refractivity contribution in [2.75, 3.05) is 33.4 Å². The second-order valence-corrected chi connectivity index (χ2v) is 8.41. The predicted molar refractivity (Wildman–Crippen MR) is 116 cm³/mol. The van der Waals surface area contributed by atoms with Gasteiger partial charge in [0.25, 0.3) is 0 Å². The molecule has 0 bridgehead atoms. The number of hydrogen-bond donors (Lipinski definition) is 1. The van der Waals surface area contributed by atoms with Crippen LogP contribution in [-0.4, -0.2) is 64.1 Å². The van der Waals surface area contributed by atoms with Crippen LogP contribution in [0.3, 0.4) is 0 Å². The summed E-state index contributed by atoms with van der Waals surface area (Å²) in [5, 5.41) is 14.4. The van der Waals surface area contributed by atoms with E-state index in [4.69, 9.17) is 9.84 Å². The van der Waals surface area contributed by atoms with Crippen LogP contribution < -0.4 is 4.74 Å². The van der Waals surface area contributed by atoms with Crippen molar-refractivity contribution in [2.24, 2.45) is 0 Å². The molecule has 1 atom stereocenters. The molecule has 1 aromatic heterocycles. The summed E-state index contributed by atoms with van der Waals surface area (Å²) < 4.78 is 7.50. The van der Waals surface area contributed by atoms with E-state index in [1.807, 2.05) is 12.1 Å². The molecule has 6 nitrogen and oxygen atoms in total. The highest BCUT2D eigenvalue weighted by atomic mass is 16.5. The summed E-state index contributed by atoms with van der Waals surface area (Å²) in [6.07, 6.45) is 0.795. The van der Waals surface area contributed by atoms with Crippen LogP contribution in [0.2, 0.25) is 0 Å². The summed E-state index contributed by atoms with van der Waals surface area (Å²) in [6.45, 7) is 13.7. The zero-order chi connectivity index (χ0) is 21.0. The predicted octanol–water partition coefficient (Wildman–Crippen LogP) is 3.16. The molecule has 1 N–H and O–H groups in total. The van der Waals surface area contributed by atoms with Crippen LogP contribution in [0.15, 0.2) is 24.3 Å². The third-order valence-corrected chi connectivity index (χ3v) is 6.02. The van der Waals surface area contributed by atoms with Crippen molar-refractivity contribution in [3.05, 3.63) is 46.8 Å². The third kappa shape index (κ3) is 5.18. The van der Waals surface area contributed by atoms with Crippen molar-refractivity contribution in [1.82, 2.24) is 19.6 Å². The van der Waals surface area contributed by atoms with Crippen molar-refractivity contribution < 1.29 is 9.84 Å². The van der Waals surface area contributed by atoms with Gasteiger partial charge in [-0.3, -0.25) is 14.5 Å². The Morgan fingerprint density at radius 1 is 1.21 bits per heavy atom. The average molecular weight is 401 g/mol. The van der Waals surface area contributed by atoms with Crippen molar-refractivity contribution in [1.29, 1.82) is 0 Å². The maximum atomic E-state index is 9.63. The molecule has 1 fully saturated rings. The van der Waals surface area contributed by atoms with Crippen LogP contribution in [0, 0.1) is 13.8 Å². The van der Waals surface area contributed by atoms with Gasteiger partial charge in [0.05, 0.1) is 12.8 Å². The number of methoxy groups -OCH3 is 1. The molecule has 3 rings (SSSR count). The number of aliphatic hydroxyl groups is 1. The highest BCUT2D eigenvalue weighted by Crippen LogP contribution is 2.23. The molecule has 2 heterocycles. The standard InChI is InChI=1S/C23H36N4O2/c1-17(2)27-19(4)23(18(3)24-27)16-25-10-11-26(21(15-25)9-12-28)14-20-7-6-8-22(13-20)29-5/h6-8,13,17,21,28H,9-12,14-16H2,1-5H3/t21-/m0/s1. The first-order valence-corrected chi connectivity index (χ1v) is 10.7. The lowest BCUT2D eigenvalue weighted by Crippen LogP contribution is -2.52.